The molecule has 1 aliphatic rings. The van der Waals surface area contributed by atoms with Gasteiger partial charge in [-0.1, -0.05) is 12.2 Å². The number of rotatable bonds is 7. The summed E-state index contributed by atoms with van der Waals surface area (Å²) in [5.74, 6) is -0.629. The molecule has 0 saturated carbocycles. The molecule has 9 heteroatoms. The summed E-state index contributed by atoms with van der Waals surface area (Å²) < 4.78 is 60.0. The SMILES string of the molecule is C=CCc1cc(F)ccc1N1CN(c2ccc(OC)nc2CC=C)C(=O)c2ccc(C(F)(F)F)cc21. The largest absolute Gasteiger partial charge is 0.481 e. The van der Waals surface area contributed by atoms with Crippen LogP contribution in [-0.4, -0.2) is 24.7 Å². The number of benzene rings is 2. The zero-order chi connectivity index (χ0) is 26.0. The lowest BCUT2D eigenvalue weighted by molar-refractivity contribution is -0.137. The van der Waals surface area contributed by atoms with Crippen LogP contribution in [0.1, 0.15) is 27.2 Å². The predicted octanol–water partition coefficient (Wildman–Crippen LogP) is 6.46. The Labute approximate surface area is 205 Å². The first-order valence-corrected chi connectivity index (χ1v) is 11.0. The first-order valence-electron chi connectivity index (χ1n) is 11.0. The molecule has 2 aromatic carbocycles. The van der Waals surface area contributed by atoms with Gasteiger partial charge >= 0.3 is 6.18 Å². The number of alkyl halides is 3. The number of amides is 1. The molecule has 0 atom stereocenters. The number of carbonyl (C=O) groups excluding carboxylic acids is 1. The minimum absolute atomic E-state index is 0.0727. The second kappa shape index (κ2) is 9.85. The second-order valence-electron chi connectivity index (χ2n) is 8.11. The topological polar surface area (TPSA) is 45.7 Å². The van der Waals surface area contributed by atoms with E-state index in [2.05, 4.69) is 18.1 Å². The molecule has 0 spiro atoms. The highest BCUT2D eigenvalue weighted by atomic mass is 19.4. The highest BCUT2D eigenvalue weighted by Gasteiger charge is 2.37. The Morgan fingerprint density at radius 1 is 0.972 bits per heavy atom. The molecule has 4 rings (SSSR count). The van der Waals surface area contributed by atoms with Gasteiger partial charge < -0.3 is 9.64 Å². The summed E-state index contributed by atoms with van der Waals surface area (Å²) in [6, 6.07) is 10.3. The number of allylic oxidation sites excluding steroid dienone is 2. The molecule has 36 heavy (non-hydrogen) atoms. The molecule has 1 aromatic heterocycles. The van der Waals surface area contributed by atoms with Crippen molar-refractivity contribution in [3.8, 4) is 5.88 Å². The number of nitrogens with zero attached hydrogens (tertiary/aromatic N) is 3. The summed E-state index contributed by atoms with van der Waals surface area (Å²) in [7, 11) is 1.47. The summed E-state index contributed by atoms with van der Waals surface area (Å²) in [5, 5.41) is 0. The van der Waals surface area contributed by atoms with E-state index in [1.165, 1.54) is 36.3 Å². The van der Waals surface area contributed by atoms with Crippen molar-refractivity contribution in [3.63, 3.8) is 0 Å². The fourth-order valence-electron chi connectivity index (χ4n) is 4.19. The minimum Gasteiger partial charge on any atom is -0.481 e. The highest BCUT2D eigenvalue weighted by molar-refractivity contribution is 6.13. The molecular weight excluding hydrogens is 474 g/mol. The number of fused-ring (bicyclic) bond motifs is 1. The van der Waals surface area contributed by atoms with Crippen LogP contribution >= 0.6 is 0 Å². The van der Waals surface area contributed by atoms with E-state index in [1.54, 1.807) is 29.2 Å². The van der Waals surface area contributed by atoms with Gasteiger partial charge in [-0.25, -0.2) is 9.37 Å². The molecule has 0 saturated heterocycles. The predicted molar refractivity (Wildman–Crippen MR) is 130 cm³/mol. The van der Waals surface area contributed by atoms with Crippen LogP contribution in [0.4, 0.5) is 34.6 Å². The highest BCUT2D eigenvalue weighted by Crippen LogP contribution is 2.41. The average molecular weight is 497 g/mol. The number of ether oxygens (including phenoxy) is 1. The van der Waals surface area contributed by atoms with Crippen LogP contribution in [0.3, 0.4) is 0 Å². The van der Waals surface area contributed by atoms with Gasteiger partial charge in [0.05, 0.1) is 35.3 Å². The average Bonchev–Trinajstić information content (AvgIpc) is 2.85. The number of hydrogen-bond acceptors (Lipinski definition) is 4. The molecule has 1 amide bonds. The monoisotopic (exact) mass is 497 g/mol. The Hall–Kier alpha value is -4.14. The number of anilines is 3. The van der Waals surface area contributed by atoms with Crippen LogP contribution in [0.15, 0.2) is 73.8 Å². The normalized spacial score (nSPS) is 13.4. The van der Waals surface area contributed by atoms with Crippen LogP contribution in [0.2, 0.25) is 0 Å². The maximum absolute atomic E-state index is 14.1. The summed E-state index contributed by atoms with van der Waals surface area (Å²) in [6.45, 7) is 7.32. The Balaban J connectivity index is 1.93. The van der Waals surface area contributed by atoms with Gasteiger partial charge in [-0.15, -0.1) is 13.2 Å². The van der Waals surface area contributed by atoms with E-state index in [0.717, 1.165) is 12.1 Å². The van der Waals surface area contributed by atoms with Crippen molar-refractivity contribution >= 4 is 23.0 Å². The van der Waals surface area contributed by atoms with E-state index in [4.69, 9.17) is 4.74 Å². The van der Waals surface area contributed by atoms with Gasteiger partial charge in [-0.3, -0.25) is 9.69 Å². The zero-order valence-electron chi connectivity index (χ0n) is 19.5. The fourth-order valence-corrected chi connectivity index (χ4v) is 4.19. The van der Waals surface area contributed by atoms with E-state index in [-0.39, 0.29) is 24.3 Å². The standard InChI is InChI=1S/C27H23F4N3O2/c1-4-6-17-14-19(28)9-11-22(17)33-16-34(23-12-13-25(36-3)32-21(23)7-5-2)26(35)20-10-8-18(15-24(20)33)27(29,30)31/h4-5,8-15H,1-2,6-7,16H2,3H3. The summed E-state index contributed by atoms with van der Waals surface area (Å²) >= 11 is 0. The summed E-state index contributed by atoms with van der Waals surface area (Å²) in [6.07, 6.45) is -0.798. The maximum Gasteiger partial charge on any atom is 0.416 e. The number of hydrogen-bond donors (Lipinski definition) is 0. The van der Waals surface area contributed by atoms with Crippen molar-refractivity contribution in [1.82, 2.24) is 4.98 Å². The van der Waals surface area contributed by atoms with Gasteiger partial charge in [0.15, 0.2) is 0 Å². The van der Waals surface area contributed by atoms with Gasteiger partial charge in [-0.05, 0) is 54.4 Å². The van der Waals surface area contributed by atoms with Crippen molar-refractivity contribution in [2.45, 2.75) is 19.0 Å². The molecule has 0 radical (unpaired) electrons. The third-order valence-corrected chi connectivity index (χ3v) is 5.83. The maximum atomic E-state index is 14.1. The quantitative estimate of drug-likeness (QED) is 0.278. The molecule has 3 aromatic rings. The van der Waals surface area contributed by atoms with Gasteiger partial charge in [0.25, 0.3) is 5.91 Å². The molecule has 0 bridgehead atoms. The van der Waals surface area contributed by atoms with E-state index < -0.39 is 23.5 Å². The van der Waals surface area contributed by atoms with Crippen LogP contribution < -0.4 is 14.5 Å². The van der Waals surface area contributed by atoms with Gasteiger partial charge in [0, 0.05) is 18.2 Å². The molecule has 0 fully saturated rings. The molecule has 186 valence electrons. The molecule has 0 aliphatic carbocycles. The summed E-state index contributed by atoms with van der Waals surface area (Å²) in [5.41, 5.74) is 1.21. The summed E-state index contributed by atoms with van der Waals surface area (Å²) in [4.78, 5) is 21.0. The number of halogens is 4. The number of pyridine rings is 1. The smallest absolute Gasteiger partial charge is 0.416 e. The van der Waals surface area contributed by atoms with E-state index >= 15 is 0 Å². The van der Waals surface area contributed by atoms with E-state index in [9.17, 15) is 22.4 Å². The third kappa shape index (κ3) is 4.68. The molecular formula is C27H23F4N3O2. The molecule has 2 heterocycles. The van der Waals surface area contributed by atoms with Crippen LogP contribution in [0.5, 0.6) is 5.88 Å². The Morgan fingerprint density at radius 2 is 1.69 bits per heavy atom. The Kier molecular flexibility index (Phi) is 6.83. The van der Waals surface area contributed by atoms with Crippen molar-refractivity contribution in [2.75, 3.05) is 23.6 Å². The van der Waals surface area contributed by atoms with Crippen molar-refractivity contribution < 1.29 is 27.1 Å². The Morgan fingerprint density at radius 3 is 2.36 bits per heavy atom. The van der Waals surface area contributed by atoms with Crippen molar-refractivity contribution in [1.29, 1.82) is 0 Å². The number of methoxy groups -OCH3 is 1. The first kappa shape index (κ1) is 25.0. The lowest BCUT2D eigenvalue weighted by atomic mass is 10.0. The lowest BCUT2D eigenvalue weighted by Crippen LogP contribution is -2.45. The van der Waals surface area contributed by atoms with Crippen molar-refractivity contribution in [2.24, 2.45) is 0 Å². The first-order chi connectivity index (χ1) is 17.2. The lowest BCUT2D eigenvalue weighted by Gasteiger charge is -2.39. The van der Waals surface area contributed by atoms with Crippen LogP contribution in [0, 0.1) is 5.82 Å². The number of aromatic nitrogens is 1. The minimum atomic E-state index is -4.61. The Bertz CT molecular complexity index is 1340. The van der Waals surface area contributed by atoms with Gasteiger partial charge in [-0.2, -0.15) is 13.2 Å². The van der Waals surface area contributed by atoms with Gasteiger partial charge in [0.1, 0.15) is 12.5 Å². The van der Waals surface area contributed by atoms with Crippen LogP contribution in [-0.2, 0) is 19.0 Å². The fraction of sp³-hybridized carbons (Fsp3) is 0.185. The van der Waals surface area contributed by atoms with E-state index in [1.807, 2.05) is 0 Å². The van der Waals surface area contributed by atoms with Gasteiger partial charge in [0.2, 0.25) is 5.88 Å². The zero-order valence-corrected chi connectivity index (χ0v) is 19.5. The number of carbonyl (C=O) groups is 1. The molecule has 5 nitrogen and oxygen atoms in total. The van der Waals surface area contributed by atoms with E-state index in [0.29, 0.717) is 34.9 Å². The van der Waals surface area contributed by atoms with Crippen LogP contribution in [0.25, 0.3) is 0 Å². The molecule has 1 aliphatic heterocycles. The molecule has 0 N–H and O–H groups in total. The van der Waals surface area contributed by atoms with Crippen molar-refractivity contribution in [3.05, 3.63) is 102 Å². The third-order valence-electron chi connectivity index (χ3n) is 5.83. The molecule has 0 unspecified atom stereocenters. The second-order valence-corrected chi connectivity index (χ2v) is 8.11.